The predicted molar refractivity (Wildman–Crippen MR) is 77.5 cm³/mol. The van der Waals surface area contributed by atoms with Crippen molar-refractivity contribution in [2.45, 2.75) is 51.6 Å². The van der Waals surface area contributed by atoms with Crippen LogP contribution in [-0.2, 0) is 0 Å². The van der Waals surface area contributed by atoms with Gasteiger partial charge < -0.3 is 9.47 Å². The molecule has 0 bridgehead atoms. The molecule has 108 valence electrons. The monoisotopic (exact) mass is 274 g/mol. The SMILES string of the molecule is COc1ccc2c(c1)OC1(CCCC(C)(C)C1)CC2=O. The van der Waals surface area contributed by atoms with Gasteiger partial charge in [0.15, 0.2) is 5.78 Å². The Morgan fingerprint density at radius 2 is 2.05 bits per heavy atom. The van der Waals surface area contributed by atoms with Gasteiger partial charge in [0.25, 0.3) is 0 Å². The number of rotatable bonds is 1. The molecule has 1 aromatic carbocycles. The van der Waals surface area contributed by atoms with Gasteiger partial charge in [0, 0.05) is 6.07 Å². The molecule has 1 aliphatic heterocycles. The predicted octanol–water partition coefficient (Wildman–Crippen LogP) is 4.00. The van der Waals surface area contributed by atoms with Gasteiger partial charge in [-0.15, -0.1) is 0 Å². The second kappa shape index (κ2) is 4.51. The van der Waals surface area contributed by atoms with Crippen LogP contribution >= 0.6 is 0 Å². The van der Waals surface area contributed by atoms with E-state index in [9.17, 15) is 4.79 Å². The highest BCUT2D eigenvalue weighted by Crippen LogP contribution is 2.48. The van der Waals surface area contributed by atoms with E-state index in [2.05, 4.69) is 13.8 Å². The van der Waals surface area contributed by atoms with E-state index in [0.29, 0.717) is 17.7 Å². The molecule has 1 fully saturated rings. The van der Waals surface area contributed by atoms with Crippen molar-refractivity contribution in [2.24, 2.45) is 5.41 Å². The molecular formula is C17H22O3. The molecule has 20 heavy (non-hydrogen) atoms. The van der Waals surface area contributed by atoms with Crippen molar-refractivity contribution in [1.29, 1.82) is 0 Å². The molecule has 0 radical (unpaired) electrons. The molecule has 3 heteroatoms. The number of fused-ring (bicyclic) bond motifs is 1. The summed E-state index contributed by atoms with van der Waals surface area (Å²) in [6.07, 6.45) is 4.76. The van der Waals surface area contributed by atoms with Crippen molar-refractivity contribution < 1.29 is 14.3 Å². The number of ketones is 1. The highest BCUT2D eigenvalue weighted by molar-refractivity contribution is 6.00. The van der Waals surface area contributed by atoms with Crippen molar-refractivity contribution in [1.82, 2.24) is 0 Å². The summed E-state index contributed by atoms with van der Waals surface area (Å²) in [6.45, 7) is 4.53. The summed E-state index contributed by atoms with van der Waals surface area (Å²) in [5, 5.41) is 0. The standard InChI is InChI=1S/C17H22O3/c1-16(2)7-4-8-17(11-16)10-14(18)13-6-5-12(19-3)9-15(13)20-17/h5-6,9H,4,7-8,10-11H2,1-3H3. The number of Topliss-reactive ketones (excluding diaryl/α,β-unsaturated/α-hetero) is 1. The zero-order valence-corrected chi connectivity index (χ0v) is 12.5. The molecule has 0 amide bonds. The fourth-order valence-electron chi connectivity index (χ4n) is 3.78. The zero-order chi connectivity index (χ0) is 14.4. The van der Waals surface area contributed by atoms with E-state index >= 15 is 0 Å². The van der Waals surface area contributed by atoms with Crippen molar-refractivity contribution in [2.75, 3.05) is 7.11 Å². The number of benzene rings is 1. The van der Waals surface area contributed by atoms with Gasteiger partial charge >= 0.3 is 0 Å². The van der Waals surface area contributed by atoms with Crippen LogP contribution in [0.1, 0.15) is 56.3 Å². The third kappa shape index (κ3) is 2.30. The first-order valence-electron chi connectivity index (χ1n) is 7.33. The van der Waals surface area contributed by atoms with Crippen LogP contribution < -0.4 is 9.47 Å². The Morgan fingerprint density at radius 3 is 2.75 bits per heavy atom. The lowest BCUT2D eigenvalue weighted by Crippen LogP contribution is -2.47. The van der Waals surface area contributed by atoms with Gasteiger partial charge in [-0.25, -0.2) is 0 Å². The van der Waals surface area contributed by atoms with E-state index in [1.54, 1.807) is 7.11 Å². The highest BCUT2D eigenvalue weighted by Gasteiger charge is 2.46. The minimum Gasteiger partial charge on any atom is -0.497 e. The molecule has 3 rings (SSSR count). The molecule has 1 atom stereocenters. The van der Waals surface area contributed by atoms with E-state index in [4.69, 9.17) is 9.47 Å². The smallest absolute Gasteiger partial charge is 0.170 e. The molecular weight excluding hydrogens is 252 g/mol. The second-order valence-corrected chi connectivity index (χ2v) is 6.94. The van der Waals surface area contributed by atoms with Crippen molar-refractivity contribution in [3.8, 4) is 11.5 Å². The van der Waals surface area contributed by atoms with Gasteiger partial charge in [0.05, 0.1) is 19.1 Å². The molecule has 0 aromatic heterocycles. The molecule has 1 aliphatic carbocycles. The Morgan fingerprint density at radius 1 is 1.25 bits per heavy atom. The summed E-state index contributed by atoms with van der Waals surface area (Å²) in [7, 11) is 1.63. The van der Waals surface area contributed by atoms with Gasteiger partial charge in [0.1, 0.15) is 17.1 Å². The fraction of sp³-hybridized carbons (Fsp3) is 0.588. The normalized spacial score (nSPS) is 27.9. The first-order chi connectivity index (χ1) is 9.43. The van der Waals surface area contributed by atoms with Crippen LogP contribution in [0.15, 0.2) is 18.2 Å². The third-order valence-electron chi connectivity index (χ3n) is 4.59. The topological polar surface area (TPSA) is 35.5 Å². The Kier molecular flexibility index (Phi) is 3.03. The van der Waals surface area contributed by atoms with E-state index in [0.717, 1.165) is 25.0 Å². The lowest BCUT2D eigenvalue weighted by Gasteiger charge is -2.46. The molecule has 0 saturated heterocycles. The summed E-state index contributed by atoms with van der Waals surface area (Å²) in [6, 6.07) is 5.48. The average molecular weight is 274 g/mol. The molecule has 1 saturated carbocycles. The van der Waals surface area contributed by atoms with Crippen molar-refractivity contribution >= 4 is 5.78 Å². The summed E-state index contributed by atoms with van der Waals surface area (Å²) in [5.74, 6) is 1.63. The fourth-order valence-corrected chi connectivity index (χ4v) is 3.78. The van der Waals surface area contributed by atoms with Crippen LogP contribution in [0.4, 0.5) is 0 Å². The largest absolute Gasteiger partial charge is 0.497 e. The molecule has 1 aromatic rings. The minimum absolute atomic E-state index is 0.201. The first kappa shape index (κ1) is 13.5. The molecule has 1 spiro atoms. The molecule has 3 nitrogen and oxygen atoms in total. The number of carbonyl (C=O) groups is 1. The number of hydrogen-bond donors (Lipinski definition) is 0. The highest BCUT2D eigenvalue weighted by atomic mass is 16.5. The lowest BCUT2D eigenvalue weighted by atomic mass is 9.67. The maximum atomic E-state index is 12.4. The van der Waals surface area contributed by atoms with Crippen LogP contribution in [0.2, 0.25) is 0 Å². The lowest BCUT2D eigenvalue weighted by molar-refractivity contribution is -0.0249. The number of carbonyl (C=O) groups excluding carboxylic acids is 1. The van der Waals surface area contributed by atoms with Crippen molar-refractivity contribution in [3.63, 3.8) is 0 Å². The molecule has 2 aliphatic rings. The first-order valence-corrected chi connectivity index (χ1v) is 7.33. The summed E-state index contributed by atoms with van der Waals surface area (Å²) in [4.78, 5) is 12.4. The Labute approximate surface area is 120 Å². The maximum Gasteiger partial charge on any atom is 0.170 e. The summed E-state index contributed by atoms with van der Waals surface area (Å²) < 4.78 is 11.5. The molecule has 0 N–H and O–H groups in total. The van der Waals surface area contributed by atoms with E-state index in [1.807, 2.05) is 18.2 Å². The average Bonchev–Trinajstić information content (AvgIpc) is 2.36. The van der Waals surface area contributed by atoms with Gasteiger partial charge in [0.2, 0.25) is 0 Å². The van der Waals surface area contributed by atoms with Crippen LogP contribution in [0.5, 0.6) is 11.5 Å². The van der Waals surface area contributed by atoms with Crippen LogP contribution in [0.25, 0.3) is 0 Å². The number of methoxy groups -OCH3 is 1. The number of ether oxygens (including phenoxy) is 2. The summed E-state index contributed by atoms with van der Waals surface area (Å²) in [5.41, 5.74) is 0.632. The zero-order valence-electron chi connectivity index (χ0n) is 12.5. The third-order valence-corrected chi connectivity index (χ3v) is 4.59. The Bertz CT molecular complexity index is 547. The van der Waals surface area contributed by atoms with Crippen LogP contribution in [0.3, 0.4) is 0 Å². The number of hydrogen-bond acceptors (Lipinski definition) is 3. The quantitative estimate of drug-likeness (QED) is 0.776. The van der Waals surface area contributed by atoms with Crippen molar-refractivity contribution in [3.05, 3.63) is 23.8 Å². The minimum atomic E-state index is -0.307. The maximum absolute atomic E-state index is 12.4. The van der Waals surface area contributed by atoms with Crippen LogP contribution in [-0.4, -0.2) is 18.5 Å². The van der Waals surface area contributed by atoms with Gasteiger partial charge in [-0.05, 0) is 43.2 Å². The Hall–Kier alpha value is -1.51. The van der Waals surface area contributed by atoms with E-state index in [-0.39, 0.29) is 16.8 Å². The van der Waals surface area contributed by atoms with E-state index in [1.165, 1.54) is 6.42 Å². The van der Waals surface area contributed by atoms with Crippen LogP contribution in [0, 0.1) is 5.41 Å². The van der Waals surface area contributed by atoms with E-state index < -0.39 is 0 Å². The summed E-state index contributed by atoms with van der Waals surface area (Å²) >= 11 is 0. The Balaban J connectivity index is 1.96. The van der Waals surface area contributed by atoms with Gasteiger partial charge in [-0.3, -0.25) is 4.79 Å². The second-order valence-electron chi connectivity index (χ2n) is 6.94. The van der Waals surface area contributed by atoms with Gasteiger partial charge in [-0.2, -0.15) is 0 Å². The molecule has 1 unspecified atom stereocenters. The molecule has 1 heterocycles. The van der Waals surface area contributed by atoms with Gasteiger partial charge in [-0.1, -0.05) is 13.8 Å².